The number of aliphatic hydroxyl groups is 1. The van der Waals surface area contributed by atoms with Crippen LogP contribution in [0.15, 0.2) is 0 Å². The van der Waals surface area contributed by atoms with Gasteiger partial charge >= 0.3 is 47.6 Å². The fourth-order valence-electron chi connectivity index (χ4n) is 2.54. The number of alkyl halides is 17. The van der Waals surface area contributed by atoms with Crippen LogP contribution in [0, 0.1) is 5.92 Å². The number of aliphatic hydroxyl groups excluding tert-OH is 1. The maximum absolute atomic E-state index is 13.9. The van der Waals surface area contributed by atoms with Crippen LogP contribution in [0.2, 0.25) is 0 Å². The summed E-state index contributed by atoms with van der Waals surface area (Å²) in [6.45, 7) is -0.650. The van der Waals surface area contributed by atoms with Gasteiger partial charge in [-0.1, -0.05) is 0 Å². The first-order valence-electron chi connectivity index (χ1n) is 7.78. The molecule has 1 saturated heterocycles. The molecule has 1 aliphatic rings. The molecule has 1 fully saturated rings. The zero-order valence-electron chi connectivity index (χ0n) is 14.6. The summed E-state index contributed by atoms with van der Waals surface area (Å²) in [4.78, 5) is 0. The average molecular weight is 520 g/mol. The molecule has 1 aliphatic heterocycles. The molecule has 1 heterocycles. The molecule has 0 aromatic heterocycles. The lowest BCUT2D eigenvalue weighted by Gasteiger charge is -2.45. The summed E-state index contributed by atoms with van der Waals surface area (Å²) >= 11 is 0. The van der Waals surface area contributed by atoms with Gasteiger partial charge in [0.1, 0.15) is 0 Å². The Morgan fingerprint density at radius 1 is 0.531 bits per heavy atom. The molecule has 0 unspecified atom stereocenters. The lowest BCUT2D eigenvalue weighted by molar-refractivity contribution is -0.465. The van der Waals surface area contributed by atoms with Crippen LogP contribution < -0.4 is 0 Å². The summed E-state index contributed by atoms with van der Waals surface area (Å²) in [7, 11) is 0. The molecule has 1 rings (SSSR count). The van der Waals surface area contributed by atoms with Crippen LogP contribution in [0.3, 0.4) is 0 Å². The Balaban J connectivity index is 3.61. The van der Waals surface area contributed by atoms with Crippen LogP contribution >= 0.6 is 0 Å². The second-order valence-electron chi connectivity index (χ2n) is 6.58. The Hall–Kier alpha value is -1.27. The van der Waals surface area contributed by atoms with Crippen LogP contribution in [0.25, 0.3) is 0 Å². The van der Waals surface area contributed by atoms with E-state index in [-0.39, 0.29) is 0 Å². The van der Waals surface area contributed by atoms with Crippen molar-refractivity contribution in [1.29, 1.82) is 0 Å². The number of hydrogen-bond acceptors (Lipinski definition) is 2. The first-order valence-corrected chi connectivity index (χ1v) is 7.78. The predicted octanol–water partition coefficient (Wildman–Crippen LogP) is 5.74. The van der Waals surface area contributed by atoms with Crippen molar-refractivity contribution in [2.24, 2.45) is 5.92 Å². The number of hydrogen-bond donors (Lipinski definition) is 1. The molecule has 0 radical (unpaired) electrons. The van der Waals surface area contributed by atoms with E-state index in [1.807, 2.05) is 0 Å². The standard InChI is InChI=1S/C13H9F17O2/c14-6(15,4-2-1-3-32-5(4)31)7(16,17)8(18,19)9(20,21)10(22,23)11(24,25)12(26,27)13(28,29)30/h4-5,31H,1-3H2/t4-,5+/m1/s1. The van der Waals surface area contributed by atoms with E-state index >= 15 is 0 Å². The van der Waals surface area contributed by atoms with Crippen LogP contribution in [0.1, 0.15) is 12.8 Å². The Morgan fingerprint density at radius 2 is 0.875 bits per heavy atom. The van der Waals surface area contributed by atoms with Crippen molar-refractivity contribution >= 4 is 0 Å². The van der Waals surface area contributed by atoms with Gasteiger partial charge < -0.3 is 9.84 Å². The van der Waals surface area contributed by atoms with E-state index in [2.05, 4.69) is 4.74 Å². The third-order valence-corrected chi connectivity index (χ3v) is 4.50. The molecule has 19 heteroatoms. The predicted molar refractivity (Wildman–Crippen MR) is 65.4 cm³/mol. The third kappa shape index (κ3) is 3.56. The fraction of sp³-hybridized carbons (Fsp3) is 1.00. The fourth-order valence-corrected chi connectivity index (χ4v) is 2.54. The quantitative estimate of drug-likeness (QED) is 0.434. The van der Waals surface area contributed by atoms with E-state index in [0.29, 0.717) is 0 Å². The monoisotopic (exact) mass is 520 g/mol. The van der Waals surface area contributed by atoms with Gasteiger partial charge in [0, 0.05) is 6.61 Å². The molecule has 2 atom stereocenters. The Bertz CT molecular complexity index is 682. The maximum Gasteiger partial charge on any atom is 0.460 e. The van der Waals surface area contributed by atoms with Gasteiger partial charge in [-0.05, 0) is 12.8 Å². The number of ether oxygens (including phenoxy) is 1. The van der Waals surface area contributed by atoms with Crippen LogP contribution in [-0.2, 0) is 4.74 Å². The average Bonchev–Trinajstić information content (AvgIpc) is 2.59. The highest BCUT2D eigenvalue weighted by Crippen LogP contribution is 2.64. The minimum absolute atomic E-state index is 0.650. The third-order valence-electron chi connectivity index (χ3n) is 4.50. The molecule has 192 valence electrons. The number of rotatable bonds is 7. The van der Waals surface area contributed by atoms with Gasteiger partial charge in [-0.15, -0.1) is 0 Å². The van der Waals surface area contributed by atoms with Gasteiger partial charge in [0.05, 0.1) is 5.92 Å². The van der Waals surface area contributed by atoms with Crippen LogP contribution in [0.4, 0.5) is 74.6 Å². The van der Waals surface area contributed by atoms with Crippen molar-refractivity contribution in [3.63, 3.8) is 0 Å². The lowest BCUT2D eigenvalue weighted by Crippen LogP contribution is -2.75. The van der Waals surface area contributed by atoms with Gasteiger partial charge in [-0.2, -0.15) is 74.6 Å². The van der Waals surface area contributed by atoms with Crippen molar-refractivity contribution in [1.82, 2.24) is 0 Å². The SMILES string of the molecule is O[C@H]1OCCC[C@H]1C(F)(F)C(F)(F)C(F)(F)C(F)(F)C(F)(F)C(F)(F)C(F)(F)C(F)(F)F. The largest absolute Gasteiger partial charge is 0.460 e. The molecular weight excluding hydrogens is 511 g/mol. The van der Waals surface area contributed by atoms with E-state index < -0.39 is 79.3 Å². The van der Waals surface area contributed by atoms with Crippen molar-refractivity contribution in [2.75, 3.05) is 6.61 Å². The summed E-state index contributed by atoms with van der Waals surface area (Å²) in [6.07, 6.45) is -13.0. The van der Waals surface area contributed by atoms with Gasteiger partial charge in [-0.3, -0.25) is 0 Å². The van der Waals surface area contributed by atoms with E-state index in [0.717, 1.165) is 0 Å². The molecular formula is C13H9F17O2. The molecule has 1 N–H and O–H groups in total. The summed E-state index contributed by atoms with van der Waals surface area (Å²) in [5.41, 5.74) is 0. The molecule has 0 bridgehead atoms. The maximum atomic E-state index is 13.9. The normalized spacial score (nSPS) is 23.4. The molecule has 0 saturated carbocycles. The second-order valence-corrected chi connectivity index (χ2v) is 6.58. The molecule has 2 nitrogen and oxygen atoms in total. The smallest absolute Gasteiger partial charge is 0.367 e. The molecule has 0 spiro atoms. The van der Waals surface area contributed by atoms with Gasteiger partial charge in [0.25, 0.3) is 0 Å². The van der Waals surface area contributed by atoms with Crippen molar-refractivity contribution in [3.8, 4) is 0 Å². The topological polar surface area (TPSA) is 29.5 Å². The highest BCUT2D eigenvalue weighted by Gasteiger charge is 2.95. The van der Waals surface area contributed by atoms with Gasteiger partial charge in [0.15, 0.2) is 6.29 Å². The summed E-state index contributed by atoms with van der Waals surface area (Å²) in [5.74, 6) is -60.3. The summed E-state index contributed by atoms with van der Waals surface area (Å²) < 4.78 is 228. The Morgan fingerprint density at radius 3 is 1.22 bits per heavy atom. The molecule has 0 aliphatic carbocycles. The van der Waals surface area contributed by atoms with Gasteiger partial charge in [0.2, 0.25) is 0 Å². The minimum atomic E-state index is -8.66. The molecule has 32 heavy (non-hydrogen) atoms. The van der Waals surface area contributed by atoms with Gasteiger partial charge in [-0.25, -0.2) is 0 Å². The Labute approximate surface area is 165 Å². The molecule has 0 amide bonds. The molecule has 0 aromatic rings. The highest BCUT2D eigenvalue weighted by atomic mass is 19.4. The van der Waals surface area contributed by atoms with E-state index in [9.17, 15) is 74.6 Å². The van der Waals surface area contributed by atoms with Crippen molar-refractivity contribution < 1.29 is 84.5 Å². The minimum Gasteiger partial charge on any atom is -0.367 e. The van der Waals surface area contributed by atoms with E-state index in [4.69, 9.17) is 5.11 Å². The molecule has 0 aromatic carbocycles. The summed E-state index contributed by atoms with van der Waals surface area (Å²) in [6, 6.07) is 0. The van der Waals surface area contributed by atoms with Crippen molar-refractivity contribution in [2.45, 2.75) is 66.8 Å². The zero-order valence-corrected chi connectivity index (χ0v) is 14.6. The zero-order chi connectivity index (χ0) is 26.0. The lowest BCUT2D eigenvalue weighted by atomic mass is 9.82. The van der Waals surface area contributed by atoms with E-state index in [1.54, 1.807) is 0 Å². The van der Waals surface area contributed by atoms with Crippen LogP contribution in [0.5, 0.6) is 0 Å². The second kappa shape index (κ2) is 7.63. The van der Waals surface area contributed by atoms with Crippen LogP contribution in [-0.4, -0.2) is 65.6 Å². The number of halogens is 17. The Kier molecular flexibility index (Phi) is 6.85. The first kappa shape index (κ1) is 28.8. The summed E-state index contributed by atoms with van der Waals surface area (Å²) in [5, 5.41) is 9.06. The van der Waals surface area contributed by atoms with E-state index in [1.165, 1.54) is 0 Å². The van der Waals surface area contributed by atoms with Crippen molar-refractivity contribution in [3.05, 3.63) is 0 Å². The first-order chi connectivity index (χ1) is 13.8. The highest BCUT2D eigenvalue weighted by molar-refractivity contribution is 5.15.